The van der Waals surface area contributed by atoms with Crippen LogP contribution in [0.4, 0.5) is 0 Å². The second kappa shape index (κ2) is 7.94. The number of benzene rings is 2. The van der Waals surface area contributed by atoms with E-state index in [4.69, 9.17) is 9.47 Å². The average Bonchev–Trinajstić information content (AvgIpc) is 2.54. The van der Waals surface area contributed by atoms with Gasteiger partial charge in [0.05, 0.1) is 26.5 Å². The van der Waals surface area contributed by atoms with Crippen LogP contribution in [0.25, 0.3) is 0 Å². The summed E-state index contributed by atoms with van der Waals surface area (Å²) >= 11 is 0. The molecule has 4 heteroatoms. The summed E-state index contributed by atoms with van der Waals surface area (Å²) in [6, 6.07) is 15.7. The van der Waals surface area contributed by atoms with Crippen molar-refractivity contribution in [1.29, 1.82) is 0 Å². The first-order valence-electron chi connectivity index (χ1n) is 6.94. The van der Waals surface area contributed by atoms with Gasteiger partial charge in [0, 0.05) is 5.56 Å². The van der Waals surface area contributed by atoms with Crippen molar-refractivity contribution in [2.45, 2.75) is 13.5 Å². The van der Waals surface area contributed by atoms with Gasteiger partial charge in [-0.05, 0) is 42.8 Å². The van der Waals surface area contributed by atoms with Crippen LogP contribution in [-0.4, -0.2) is 19.9 Å². The maximum Gasteiger partial charge on any atom is 0.123 e. The van der Waals surface area contributed by atoms with Gasteiger partial charge < -0.3 is 14.9 Å². The van der Waals surface area contributed by atoms with Crippen molar-refractivity contribution in [2.75, 3.05) is 13.7 Å². The maximum atomic E-state index is 5.40. The van der Waals surface area contributed by atoms with Crippen LogP contribution in [0, 0.1) is 0 Å². The smallest absolute Gasteiger partial charge is 0.123 e. The highest BCUT2D eigenvalue weighted by Crippen LogP contribution is 2.16. The predicted molar refractivity (Wildman–Crippen MR) is 85.0 cm³/mol. The first-order chi connectivity index (χ1) is 10.3. The molecule has 0 bridgehead atoms. The molecule has 2 rings (SSSR count). The van der Waals surface area contributed by atoms with E-state index in [1.54, 1.807) is 13.3 Å². The fourth-order valence-electron chi connectivity index (χ4n) is 1.92. The van der Waals surface area contributed by atoms with E-state index in [0.717, 1.165) is 22.6 Å². The van der Waals surface area contributed by atoms with Gasteiger partial charge >= 0.3 is 0 Å². The molecule has 2 aromatic carbocycles. The topological polar surface area (TPSA) is 42.8 Å². The first-order valence-corrected chi connectivity index (χ1v) is 6.94. The number of para-hydroxylation sites is 1. The van der Waals surface area contributed by atoms with Crippen LogP contribution in [0.5, 0.6) is 11.5 Å². The van der Waals surface area contributed by atoms with Crippen molar-refractivity contribution in [1.82, 2.24) is 5.43 Å². The summed E-state index contributed by atoms with van der Waals surface area (Å²) in [4.78, 5) is 0. The van der Waals surface area contributed by atoms with Crippen LogP contribution in [0.15, 0.2) is 53.6 Å². The number of methoxy groups -OCH3 is 1. The van der Waals surface area contributed by atoms with Gasteiger partial charge in [-0.2, -0.15) is 5.10 Å². The fraction of sp³-hybridized carbons (Fsp3) is 0.235. The number of nitrogens with zero attached hydrogens (tertiary/aromatic N) is 1. The summed E-state index contributed by atoms with van der Waals surface area (Å²) in [7, 11) is 1.67. The third-order valence-corrected chi connectivity index (χ3v) is 2.96. The molecule has 1 N–H and O–H groups in total. The number of hydrogen-bond donors (Lipinski definition) is 1. The van der Waals surface area contributed by atoms with Crippen molar-refractivity contribution >= 4 is 6.21 Å². The van der Waals surface area contributed by atoms with Gasteiger partial charge in [-0.15, -0.1) is 0 Å². The van der Waals surface area contributed by atoms with E-state index in [-0.39, 0.29) is 0 Å². The van der Waals surface area contributed by atoms with Crippen molar-refractivity contribution in [3.8, 4) is 11.5 Å². The number of ether oxygens (including phenoxy) is 2. The largest absolute Gasteiger partial charge is 0.496 e. The molecule has 0 unspecified atom stereocenters. The lowest BCUT2D eigenvalue weighted by atomic mass is 10.2. The molecule has 0 aromatic heterocycles. The molecule has 0 amide bonds. The third kappa shape index (κ3) is 4.53. The summed E-state index contributed by atoms with van der Waals surface area (Å²) in [5, 5.41) is 4.22. The predicted octanol–water partition coefficient (Wildman–Crippen LogP) is 3.22. The SMILES string of the molecule is CCOc1ccc(/C=N\NCc2ccccc2OC)cc1. The van der Waals surface area contributed by atoms with Gasteiger partial charge in [0.25, 0.3) is 0 Å². The fourth-order valence-corrected chi connectivity index (χ4v) is 1.92. The number of hydrogen-bond acceptors (Lipinski definition) is 4. The van der Waals surface area contributed by atoms with Gasteiger partial charge in [-0.25, -0.2) is 0 Å². The van der Waals surface area contributed by atoms with Crippen LogP contribution < -0.4 is 14.9 Å². The van der Waals surface area contributed by atoms with E-state index < -0.39 is 0 Å². The molecule has 4 nitrogen and oxygen atoms in total. The van der Waals surface area contributed by atoms with Crippen LogP contribution in [0.1, 0.15) is 18.1 Å². The van der Waals surface area contributed by atoms with E-state index in [1.165, 1.54) is 0 Å². The third-order valence-electron chi connectivity index (χ3n) is 2.96. The average molecular weight is 284 g/mol. The van der Waals surface area contributed by atoms with E-state index in [1.807, 2.05) is 55.5 Å². The Morgan fingerprint density at radius 3 is 2.57 bits per heavy atom. The lowest BCUT2D eigenvalue weighted by Gasteiger charge is -2.07. The molecule has 0 saturated carbocycles. The molecular formula is C17H20N2O2. The minimum atomic E-state index is 0.623. The molecule has 0 radical (unpaired) electrons. The van der Waals surface area contributed by atoms with Crippen LogP contribution in [0.2, 0.25) is 0 Å². The molecule has 0 fully saturated rings. The Labute approximate surface area is 125 Å². The van der Waals surface area contributed by atoms with Gasteiger partial charge in [0.15, 0.2) is 0 Å². The Morgan fingerprint density at radius 1 is 1.10 bits per heavy atom. The second-order valence-electron chi connectivity index (χ2n) is 4.41. The number of rotatable bonds is 7. The minimum absolute atomic E-state index is 0.623. The maximum absolute atomic E-state index is 5.40. The monoisotopic (exact) mass is 284 g/mol. The molecule has 0 aliphatic carbocycles. The highest BCUT2D eigenvalue weighted by atomic mass is 16.5. The van der Waals surface area contributed by atoms with Gasteiger partial charge in [-0.1, -0.05) is 18.2 Å². The molecule has 0 spiro atoms. The zero-order valence-electron chi connectivity index (χ0n) is 12.4. The molecule has 0 aliphatic rings. The second-order valence-corrected chi connectivity index (χ2v) is 4.41. The molecule has 110 valence electrons. The first kappa shape index (κ1) is 14.9. The summed E-state index contributed by atoms with van der Waals surface area (Å²) < 4.78 is 10.7. The van der Waals surface area contributed by atoms with E-state index >= 15 is 0 Å². The highest BCUT2D eigenvalue weighted by molar-refractivity contribution is 5.79. The van der Waals surface area contributed by atoms with E-state index in [2.05, 4.69) is 10.5 Å². The molecule has 0 heterocycles. The van der Waals surface area contributed by atoms with E-state index in [9.17, 15) is 0 Å². The highest BCUT2D eigenvalue weighted by Gasteiger charge is 1.99. The Bertz CT molecular complexity index is 580. The Hall–Kier alpha value is -2.49. The number of hydrazone groups is 1. The van der Waals surface area contributed by atoms with Crippen molar-refractivity contribution in [3.63, 3.8) is 0 Å². The Balaban J connectivity index is 1.87. The normalized spacial score (nSPS) is 10.6. The quantitative estimate of drug-likeness (QED) is 0.627. The van der Waals surface area contributed by atoms with Crippen molar-refractivity contribution in [3.05, 3.63) is 59.7 Å². The van der Waals surface area contributed by atoms with Crippen LogP contribution >= 0.6 is 0 Å². The van der Waals surface area contributed by atoms with Crippen molar-refractivity contribution in [2.24, 2.45) is 5.10 Å². The van der Waals surface area contributed by atoms with Gasteiger partial charge in [-0.3, -0.25) is 0 Å². The zero-order chi connectivity index (χ0) is 14.9. The standard InChI is InChI=1S/C17H20N2O2/c1-3-21-16-10-8-14(9-11-16)12-18-19-13-15-6-4-5-7-17(15)20-2/h4-12,19H,3,13H2,1-2H3/b18-12-. The molecule has 0 saturated heterocycles. The minimum Gasteiger partial charge on any atom is -0.496 e. The number of nitrogens with one attached hydrogen (secondary N) is 1. The summed E-state index contributed by atoms with van der Waals surface area (Å²) in [6.07, 6.45) is 1.78. The van der Waals surface area contributed by atoms with Crippen LogP contribution in [-0.2, 0) is 6.54 Å². The lowest BCUT2D eigenvalue weighted by molar-refractivity contribution is 0.340. The molecule has 0 aliphatic heterocycles. The molecular weight excluding hydrogens is 264 g/mol. The Kier molecular flexibility index (Phi) is 5.64. The zero-order valence-corrected chi connectivity index (χ0v) is 12.4. The van der Waals surface area contributed by atoms with Crippen LogP contribution in [0.3, 0.4) is 0 Å². The van der Waals surface area contributed by atoms with E-state index in [0.29, 0.717) is 13.2 Å². The molecule has 2 aromatic rings. The van der Waals surface area contributed by atoms with Gasteiger partial charge in [0.2, 0.25) is 0 Å². The molecule has 21 heavy (non-hydrogen) atoms. The lowest BCUT2D eigenvalue weighted by Crippen LogP contribution is -2.06. The summed E-state index contributed by atoms with van der Waals surface area (Å²) in [5.41, 5.74) is 5.12. The summed E-state index contributed by atoms with van der Waals surface area (Å²) in [5.74, 6) is 1.73. The van der Waals surface area contributed by atoms with Crippen molar-refractivity contribution < 1.29 is 9.47 Å². The summed E-state index contributed by atoms with van der Waals surface area (Å²) in [6.45, 7) is 3.27. The Morgan fingerprint density at radius 2 is 1.86 bits per heavy atom. The van der Waals surface area contributed by atoms with Gasteiger partial charge in [0.1, 0.15) is 11.5 Å². The molecule has 0 atom stereocenters.